The number of nitrogens with two attached hydrogens (primary N) is 3. The van der Waals surface area contributed by atoms with Crippen LogP contribution < -0.4 is 17.2 Å². The minimum atomic E-state index is -0.716. The first kappa shape index (κ1) is 28.2. The van der Waals surface area contributed by atoms with Crippen molar-refractivity contribution in [3.8, 4) is 0 Å². The number of carbonyl (C=O) groups excluding carboxylic acids is 2. The third-order valence-electron chi connectivity index (χ3n) is 8.03. The maximum Gasteiger partial charge on any atom is 0.248 e. The molecule has 9 nitrogen and oxygen atoms in total. The van der Waals surface area contributed by atoms with E-state index >= 15 is 0 Å². The highest BCUT2D eigenvalue weighted by Gasteiger charge is 2.46. The number of H-pyrrole nitrogens is 1. The number of fused-ring (bicyclic) bond motifs is 1. The Hall–Kier alpha value is -3.33. The Bertz CT molecular complexity index is 1170. The van der Waals surface area contributed by atoms with Crippen LogP contribution in [0.3, 0.4) is 0 Å². The van der Waals surface area contributed by atoms with Crippen molar-refractivity contribution in [2.45, 2.75) is 90.5 Å². The van der Waals surface area contributed by atoms with Crippen LogP contribution in [0.15, 0.2) is 41.0 Å². The molecule has 200 valence electrons. The fourth-order valence-corrected chi connectivity index (χ4v) is 5.64. The number of carbonyl (C=O) groups is 2. The van der Waals surface area contributed by atoms with E-state index in [1.165, 1.54) is 12.0 Å². The highest BCUT2D eigenvalue weighted by Crippen LogP contribution is 2.49. The molecule has 7 N–H and O–H groups in total. The van der Waals surface area contributed by atoms with Crippen molar-refractivity contribution in [2.75, 3.05) is 0 Å². The zero-order chi connectivity index (χ0) is 27.2. The third-order valence-corrected chi connectivity index (χ3v) is 8.03. The standard InChI is InChI=1S/C26H35N7O2.C2H6/c1-3-16(23(28)34)7-8-17-9-10-19-13-20(24(29)35)11-12-21(19)26(15(17)2,25-30-32-33-31-25)14-22(27)18-5-4-6-18;1-2/h7,11-13,18,22H,3-6,8-10,14,27H2,1-2H3,(H2,28,34)(H2,29,35)(H,30,31,32,33);1-2H3/b16-7+;. The number of hydrogen-bond donors (Lipinski definition) is 4. The molecule has 0 spiro atoms. The first-order chi connectivity index (χ1) is 17.8. The Balaban J connectivity index is 0.00000186. The van der Waals surface area contributed by atoms with Crippen LogP contribution in [0.5, 0.6) is 0 Å². The molecule has 4 rings (SSSR count). The van der Waals surface area contributed by atoms with Crippen LogP contribution in [-0.2, 0) is 16.6 Å². The number of amides is 2. The van der Waals surface area contributed by atoms with Gasteiger partial charge < -0.3 is 17.2 Å². The van der Waals surface area contributed by atoms with E-state index in [1.807, 2.05) is 39.0 Å². The van der Waals surface area contributed by atoms with Gasteiger partial charge in [0.25, 0.3) is 0 Å². The molecule has 2 aliphatic carbocycles. The predicted molar refractivity (Wildman–Crippen MR) is 144 cm³/mol. The summed E-state index contributed by atoms with van der Waals surface area (Å²) in [4.78, 5) is 23.8. The summed E-state index contributed by atoms with van der Waals surface area (Å²) in [5.74, 6) is 0.153. The summed E-state index contributed by atoms with van der Waals surface area (Å²) in [6, 6.07) is 5.58. The highest BCUT2D eigenvalue weighted by atomic mass is 16.1. The van der Waals surface area contributed by atoms with Gasteiger partial charge in [-0.15, -0.1) is 10.2 Å². The second-order valence-corrected chi connectivity index (χ2v) is 9.82. The number of primary amides is 2. The number of aromatic amines is 1. The second kappa shape index (κ2) is 12.3. The Kier molecular flexibility index (Phi) is 9.37. The average Bonchev–Trinajstić information content (AvgIpc) is 3.36. The highest BCUT2D eigenvalue weighted by molar-refractivity contribution is 5.93. The van der Waals surface area contributed by atoms with Crippen LogP contribution in [0, 0.1) is 5.92 Å². The largest absolute Gasteiger partial charge is 0.366 e. The molecule has 0 bridgehead atoms. The molecule has 1 aromatic carbocycles. The Morgan fingerprint density at radius 1 is 1.22 bits per heavy atom. The molecule has 0 aliphatic heterocycles. The number of aromatic nitrogens is 4. The van der Waals surface area contributed by atoms with Gasteiger partial charge in [0.2, 0.25) is 11.8 Å². The van der Waals surface area contributed by atoms with Crippen molar-refractivity contribution >= 4 is 11.8 Å². The lowest BCUT2D eigenvalue weighted by atomic mass is 9.64. The van der Waals surface area contributed by atoms with E-state index in [2.05, 4.69) is 27.5 Å². The summed E-state index contributed by atoms with van der Waals surface area (Å²) in [5.41, 5.74) is 22.7. The lowest BCUT2D eigenvalue weighted by Gasteiger charge is -2.40. The van der Waals surface area contributed by atoms with Crippen molar-refractivity contribution in [2.24, 2.45) is 23.1 Å². The molecule has 2 atom stereocenters. The molecule has 0 radical (unpaired) electrons. The van der Waals surface area contributed by atoms with E-state index in [9.17, 15) is 9.59 Å². The van der Waals surface area contributed by atoms with Crippen LogP contribution in [0.1, 0.15) is 99.9 Å². The van der Waals surface area contributed by atoms with Crippen LogP contribution in [0.4, 0.5) is 0 Å². The number of benzene rings is 1. The molecule has 0 saturated heterocycles. The van der Waals surface area contributed by atoms with Gasteiger partial charge in [-0.05, 0) is 81.0 Å². The van der Waals surface area contributed by atoms with E-state index in [-0.39, 0.29) is 6.04 Å². The topological polar surface area (TPSA) is 167 Å². The summed E-state index contributed by atoms with van der Waals surface area (Å²) in [7, 11) is 0. The Labute approximate surface area is 219 Å². The normalized spacial score (nSPS) is 20.7. The molecule has 9 heteroatoms. The van der Waals surface area contributed by atoms with Gasteiger partial charge >= 0.3 is 0 Å². The van der Waals surface area contributed by atoms with E-state index < -0.39 is 17.2 Å². The van der Waals surface area contributed by atoms with E-state index in [0.29, 0.717) is 48.6 Å². The minimum Gasteiger partial charge on any atom is -0.366 e. The third kappa shape index (κ3) is 5.66. The molecule has 1 fully saturated rings. The lowest BCUT2D eigenvalue weighted by molar-refractivity contribution is -0.114. The zero-order valence-electron chi connectivity index (χ0n) is 22.5. The van der Waals surface area contributed by atoms with Gasteiger partial charge in [0.05, 0.1) is 5.41 Å². The Morgan fingerprint density at radius 3 is 2.49 bits per heavy atom. The minimum absolute atomic E-state index is 0.0485. The van der Waals surface area contributed by atoms with Gasteiger partial charge in [-0.1, -0.05) is 55.7 Å². The molecule has 1 saturated carbocycles. The van der Waals surface area contributed by atoms with Gasteiger partial charge in [-0.3, -0.25) is 9.59 Å². The van der Waals surface area contributed by atoms with Crippen molar-refractivity contribution in [1.29, 1.82) is 0 Å². The lowest BCUT2D eigenvalue weighted by Crippen LogP contribution is -2.44. The van der Waals surface area contributed by atoms with Gasteiger partial charge in [0.1, 0.15) is 0 Å². The SMILES string of the molecule is CC.CC/C(=C\CC1=C(C)C(CC(N)C2CCC2)(c2nn[nH]n2)c2ccc(C(N)=O)cc2CC1)C(N)=O. The number of nitrogens with one attached hydrogen (secondary N) is 1. The number of tetrazole rings is 1. The molecule has 1 heterocycles. The summed E-state index contributed by atoms with van der Waals surface area (Å²) in [6.45, 7) is 8.04. The number of nitrogens with zero attached hydrogens (tertiary/aromatic N) is 3. The van der Waals surface area contributed by atoms with Crippen LogP contribution >= 0.6 is 0 Å². The molecule has 2 amide bonds. The van der Waals surface area contributed by atoms with Crippen molar-refractivity contribution in [1.82, 2.24) is 20.6 Å². The quantitative estimate of drug-likeness (QED) is 0.299. The van der Waals surface area contributed by atoms with E-state index in [0.717, 1.165) is 36.0 Å². The molecule has 2 aromatic rings. The van der Waals surface area contributed by atoms with Crippen molar-refractivity contribution in [3.63, 3.8) is 0 Å². The maximum absolute atomic E-state index is 12.0. The van der Waals surface area contributed by atoms with Gasteiger partial charge in [-0.2, -0.15) is 5.21 Å². The monoisotopic (exact) mass is 507 g/mol. The zero-order valence-corrected chi connectivity index (χ0v) is 22.5. The molecule has 2 unspecified atom stereocenters. The van der Waals surface area contributed by atoms with E-state index in [4.69, 9.17) is 17.2 Å². The molecular weight excluding hydrogens is 466 g/mol. The van der Waals surface area contributed by atoms with Gasteiger partial charge in [0.15, 0.2) is 5.82 Å². The van der Waals surface area contributed by atoms with Gasteiger partial charge in [-0.25, -0.2) is 0 Å². The predicted octanol–water partition coefficient (Wildman–Crippen LogP) is 3.60. The first-order valence-corrected chi connectivity index (χ1v) is 13.4. The van der Waals surface area contributed by atoms with Crippen LogP contribution in [-0.4, -0.2) is 38.5 Å². The van der Waals surface area contributed by atoms with E-state index in [1.54, 1.807) is 6.07 Å². The molecule has 37 heavy (non-hydrogen) atoms. The summed E-state index contributed by atoms with van der Waals surface area (Å²) in [6.07, 6.45) is 8.62. The van der Waals surface area contributed by atoms with Crippen LogP contribution in [0.2, 0.25) is 0 Å². The number of allylic oxidation sites excluding steroid dienone is 3. The van der Waals surface area contributed by atoms with Gasteiger partial charge in [0, 0.05) is 17.2 Å². The smallest absolute Gasteiger partial charge is 0.248 e. The Morgan fingerprint density at radius 2 is 1.95 bits per heavy atom. The summed E-state index contributed by atoms with van der Waals surface area (Å²) < 4.78 is 0. The second-order valence-electron chi connectivity index (χ2n) is 9.82. The van der Waals surface area contributed by atoms with Crippen molar-refractivity contribution < 1.29 is 9.59 Å². The maximum atomic E-state index is 12.0. The van der Waals surface area contributed by atoms with Crippen molar-refractivity contribution in [3.05, 3.63) is 63.5 Å². The molecule has 2 aliphatic rings. The summed E-state index contributed by atoms with van der Waals surface area (Å²) >= 11 is 0. The number of rotatable bonds is 9. The fraction of sp³-hybridized carbons (Fsp3) is 0.536. The number of hydrogen-bond acceptors (Lipinski definition) is 6. The number of aryl methyl sites for hydroxylation is 1. The molecular formula is C28H41N7O2. The molecule has 1 aromatic heterocycles. The average molecular weight is 508 g/mol. The van der Waals surface area contributed by atoms with Crippen LogP contribution in [0.25, 0.3) is 0 Å². The fourth-order valence-electron chi connectivity index (χ4n) is 5.64. The summed E-state index contributed by atoms with van der Waals surface area (Å²) in [5, 5.41) is 15.5. The first-order valence-electron chi connectivity index (χ1n) is 13.4.